The van der Waals surface area contributed by atoms with Crippen molar-refractivity contribution in [2.45, 2.75) is 40.5 Å². The molecule has 2 heterocycles. The Kier molecular flexibility index (Phi) is 10.7. The highest BCUT2D eigenvalue weighted by molar-refractivity contribution is 6.33. The number of hydrogen-bond donors (Lipinski definition) is 1. The second-order valence-corrected chi connectivity index (χ2v) is 7.40. The van der Waals surface area contributed by atoms with Crippen LogP contribution in [0.25, 0.3) is 11.3 Å². The lowest BCUT2D eigenvalue weighted by Gasteiger charge is -2.08. The zero-order chi connectivity index (χ0) is 23.3. The van der Waals surface area contributed by atoms with E-state index in [0.29, 0.717) is 10.7 Å². The number of nitrogens with one attached hydrogen (secondary N) is 1. The predicted octanol–water partition coefficient (Wildman–Crippen LogP) is 6.22. The molecule has 32 heavy (non-hydrogen) atoms. The van der Waals surface area contributed by atoms with Gasteiger partial charge in [-0.15, -0.1) is 0 Å². The van der Waals surface area contributed by atoms with Crippen LogP contribution in [-0.4, -0.2) is 34.4 Å². The van der Waals surface area contributed by atoms with E-state index in [0.717, 1.165) is 49.1 Å². The fraction of sp³-hybridized carbons (Fsp3) is 0.333. The predicted molar refractivity (Wildman–Crippen MR) is 129 cm³/mol. The van der Waals surface area contributed by atoms with Crippen molar-refractivity contribution in [2.75, 3.05) is 18.6 Å². The minimum absolute atomic E-state index is 0.216. The van der Waals surface area contributed by atoms with E-state index in [4.69, 9.17) is 16.3 Å². The van der Waals surface area contributed by atoms with Crippen molar-refractivity contribution in [3.05, 3.63) is 70.4 Å². The molecule has 6 nitrogen and oxygen atoms in total. The number of aryl methyl sites for hydroxylation is 2. The molecular formula is C24H29ClFN5O. The molecule has 2 aromatic heterocycles. The Morgan fingerprint density at radius 1 is 1.06 bits per heavy atom. The van der Waals surface area contributed by atoms with Gasteiger partial charge in [0.15, 0.2) is 5.82 Å². The lowest BCUT2D eigenvalue weighted by Crippen LogP contribution is -2.00. The van der Waals surface area contributed by atoms with Crippen LogP contribution in [0.2, 0.25) is 5.02 Å². The number of benzene rings is 1. The fourth-order valence-corrected chi connectivity index (χ4v) is 2.99. The lowest BCUT2D eigenvalue weighted by molar-refractivity contribution is 0.135. The number of hydrazone groups is 1. The smallest absolute Gasteiger partial charge is 0.243 e. The zero-order valence-corrected chi connectivity index (χ0v) is 19.7. The molecule has 170 valence electrons. The molecule has 0 aliphatic carbocycles. The van der Waals surface area contributed by atoms with Gasteiger partial charge in [-0.3, -0.25) is 0 Å². The highest BCUT2D eigenvalue weighted by Crippen LogP contribution is 2.29. The first-order valence-corrected chi connectivity index (χ1v) is 10.9. The minimum Gasteiger partial charge on any atom is -0.381 e. The number of anilines is 1. The average Bonchev–Trinajstić information content (AvgIpc) is 2.77. The van der Waals surface area contributed by atoms with Crippen molar-refractivity contribution in [3.8, 4) is 11.3 Å². The molecule has 1 aromatic carbocycles. The van der Waals surface area contributed by atoms with Gasteiger partial charge < -0.3 is 4.74 Å². The highest BCUT2D eigenvalue weighted by atomic mass is 35.5. The summed E-state index contributed by atoms with van der Waals surface area (Å²) in [6.07, 6.45) is 4.91. The van der Waals surface area contributed by atoms with Gasteiger partial charge >= 0.3 is 0 Å². The molecule has 0 saturated carbocycles. The van der Waals surface area contributed by atoms with Crippen molar-refractivity contribution in [1.29, 1.82) is 0 Å². The van der Waals surface area contributed by atoms with Crippen LogP contribution in [0, 0.1) is 19.7 Å². The van der Waals surface area contributed by atoms with E-state index in [-0.39, 0.29) is 11.6 Å². The van der Waals surface area contributed by atoms with Gasteiger partial charge in [0.1, 0.15) is 0 Å². The molecule has 0 unspecified atom stereocenters. The lowest BCUT2D eigenvalue weighted by atomic mass is 10.0. The molecule has 0 atom stereocenters. The van der Waals surface area contributed by atoms with E-state index in [9.17, 15) is 4.39 Å². The number of nitrogens with zero attached hydrogens (tertiary/aromatic N) is 4. The third-order valence-corrected chi connectivity index (χ3v) is 4.54. The summed E-state index contributed by atoms with van der Waals surface area (Å²) in [5.41, 5.74) is 6.25. The normalized spacial score (nSPS) is 10.7. The standard InChI is InChI=1S/C18H15ClFN5.C6H14O/c1-11-5-3-7-14(19)17(11)16-8-4-6-13(24-16)9-22-25-18-21-10-15(20)12(2)23-18;1-3-5-7-6-4-2/h3-10H,1-2H3,(H,21,23,25);3-6H2,1-2H3/b22-9-;. The van der Waals surface area contributed by atoms with Crippen LogP contribution in [0.3, 0.4) is 0 Å². The molecule has 8 heteroatoms. The summed E-state index contributed by atoms with van der Waals surface area (Å²) < 4.78 is 18.3. The van der Waals surface area contributed by atoms with Crippen LogP contribution in [0.15, 0.2) is 47.7 Å². The third-order valence-electron chi connectivity index (χ3n) is 4.23. The van der Waals surface area contributed by atoms with E-state index in [1.54, 1.807) is 6.92 Å². The van der Waals surface area contributed by atoms with Crippen LogP contribution in [-0.2, 0) is 4.74 Å². The van der Waals surface area contributed by atoms with Crippen molar-refractivity contribution < 1.29 is 9.13 Å². The van der Waals surface area contributed by atoms with Gasteiger partial charge in [-0.1, -0.05) is 43.6 Å². The Hall–Kier alpha value is -2.90. The minimum atomic E-state index is -0.459. The quantitative estimate of drug-likeness (QED) is 0.247. The van der Waals surface area contributed by atoms with Crippen molar-refractivity contribution in [2.24, 2.45) is 5.10 Å². The molecular weight excluding hydrogens is 429 g/mol. The molecule has 0 amide bonds. The first-order chi connectivity index (χ1) is 15.5. The van der Waals surface area contributed by atoms with Gasteiger partial charge in [-0.05, 0) is 50.5 Å². The first-order valence-electron chi connectivity index (χ1n) is 10.5. The third kappa shape index (κ3) is 7.98. The number of hydrogen-bond acceptors (Lipinski definition) is 6. The SMILES string of the molecule is CCCOCCC.Cc1cccc(Cl)c1-c1cccc(/C=N\Nc2ncc(F)c(C)n2)n1. The number of ether oxygens (including phenoxy) is 1. The summed E-state index contributed by atoms with van der Waals surface area (Å²) >= 11 is 6.30. The zero-order valence-electron chi connectivity index (χ0n) is 18.9. The van der Waals surface area contributed by atoms with Crippen LogP contribution in [0.5, 0.6) is 0 Å². The Bertz CT molecular complexity index is 1000. The maximum atomic E-state index is 13.1. The molecule has 1 N–H and O–H groups in total. The topological polar surface area (TPSA) is 72.3 Å². The Labute approximate surface area is 193 Å². The summed E-state index contributed by atoms with van der Waals surface area (Å²) in [6, 6.07) is 11.3. The summed E-state index contributed by atoms with van der Waals surface area (Å²) in [7, 11) is 0. The number of halogens is 2. The van der Waals surface area contributed by atoms with E-state index in [1.807, 2.05) is 43.3 Å². The molecule has 0 spiro atoms. The Balaban J connectivity index is 0.000000451. The molecule has 0 radical (unpaired) electrons. The second-order valence-electron chi connectivity index (χ2n) is 6.99. The van der Waals surface area contributed by atoms with Crippen molar-refractivity contribution in [1.82, 2.24) is 15.0 Å². The fourth-order valence-electron chi connectivity index (χ4n) is 2.67. The molecule has 0 saturated heterocycles. The van der Waals surface area contributed by atoms with Gasteiger partial charge in [0.2, 0.25) is 5.95 Å². The molecule has 0 fully saturated rings. The summed E-state index contributed by atoms with van der Waals surface area (Å²) in [5.74, 6) is -0.243. The second kappa shape index (κ2) is 13.5. The maximum absolute atomic E-state index is 13.1. The summed E-state index contributed by atoms with van der Waals surface area (Å²) in [5, 5.41) is 4.69. The van der Waals surface area contributed by atoms with Gasteiger partial charge in [-0.2, -0.15) is 5.10 Å². The van der Waals surface area contributed by atoms with Crippen LogP contribution < -0.4 is 5.43 Å². The Morgan fingerprint density at radius 3 is 2.44 bits per heavy atom. The maximum Gasteiger partial charge on any atom is 0.243 e. The Morgan fingerprint density at radius 2 is 1.78 bits per heavy atom. The van der Waals surface area contributed by atoms with E-state index in [2.05, 4.69) is 39.3 Å². The van der Waals surface area contributed by atoms with E-state index < -0.39 is 5.82 Å². The first kappa shape index (κ1) is 25.4. The van der Waals surface area contributed by atoms with Crippen LogP contribution in [0.1, 0.15) is 43.6 Å². The largest absolute Gasteiger partial charge is 0.381 e. The van der Waals surface area contributed by atoms with Crippen molar-refractivity contribution >= 4 is 23.8 Å². The summed E-state index contributed by atoms with van der Waals surface area (Å²) in [6.45, 7) is 9.63. The molecule has 0 bridgehead atoms. The molecule has 3 rings (SSSR count). The van der Waals surface area contributed by atoms with E-state index >= 15 is 0 Å². The number of rotatable bonds is 8. The molecule has 3 aromatic rings. The highest BCUT2D eigenvalue weighted by Gasteiger charge is 2.08. The van der Waals surface area contributed by atoms with Gasteiger partial charge in [-0.25, -0.2) is 24.8 Å². The van der Waals surface area contributed by atoms with Gasteiger partial charge in [0.25, 0.3) is 0 Å². The molecule has 0 aliphatic heterocycles. The number of aromatic nitrogens is 3. The van der Waals surface area contributed by atoms with Crippen LogP contribution in [0.4, 0.5) is 10.3 Å². The van der Waals surface area contributed by atoms with Gasteiger partial charge in [0, 0.05) is 18.8 Å². The molecule has 0 aliphatic rings. The monoisotopic (exact) mass is 457 g/mol. The van der Waals surface area contributed by atoms with Gasteiger partial charge in [0.05, 0.1) is 34.5 Å². The average molecular weight is 458 g/mol. The van der Waals surface area contributed by atoms with Crippen molar-refractivity contribution in [3.63, 3.8) is 0 Å². The van der Waals surface area contributed by atoms with E-state index in [1.165, 1.54) is 6.21 Å². The van der Waals surface area contributed by atoms with Crippen LogP contribution >= 0.6 is 11.6 Å². The summed E-state index contributed by atoms with van der Waals surface area (Å²) in [4.78, 5) is 12.3. The number of pyridine rings is 1.